The van der Waals surface area contributed by atoms with Gasteiger partial charge < -0.3 is 13.8 Å². The Kier molecular flexibility index (Phi) is 4.97. The van der Waals surface area contributed by atoms with E-state index in [1.54, 1.807) is 0 Å². The van der Waals surface area contributed by atoms with Crippen molar-refractivity contribution in [3.63, 3.8) is 0 Å². The van der Waals surface area contributed by atoms with E-state index >= 15 is 0 Å². The van der Waals surface area contributed by atoms with E-state index in [0.717, 1.165) is 71.9 Å². The third-order valence-corrected chi connectivity index (χ3v) is 5.00. The van der Waals surface area contributed by atoms with Gasteiger partial charge in [0, 0.05) is 29.5 Å². The number of benzene rings is 1. The molecule has 2 aromatic heterocycles. The van der Waals surface area contributed by atoms with E-state index in [1.165, 1.54) is 0 Å². The molecular weight excluding hydrogens is 342 g/mol. The lowest BCUT2D eigenvalue weighted by molar-refractivity contribution is 0.296. The topological polar surface area (TPSA) is 74.2 Å². The summed E-state index contributed by atoms with van der Waals surface area (Å²) in [5, 5.41) is 8.19. The minimum absolute atomic E-state index is 0.456. The molecule has 0 atom stereocenters. The zero-order chi connectivity index (χ0) is 18.8. The van der Waals surface area contributed by atoms with E-state index < -0.39 is 0 Å². The molecule has 1 aromatic carbocycles. The molecule has 1 aliphatic carbocycles. The van der Waals surface area contributed by atoms with Crippen molar-refractivity contribution in [2.75, 3.05) is 6.61 Å². The molecule has 2 heterocycles. The van der Waals surface area contributed by atoms with Crippen molar-refractivity contribution in [3.8, 4) is 17.1 Å². The highest BCUT2D eigenvalue weighted by atomic mass is 16.5. The molecule has 0 N–H and O–H groups in total. The van der Waals surface area contributed by atoms with Crippen molar-refractivity contribution in [2.45, 2.75) is 58.8 Å². The highest BCUT2D eigenvalue weighted by molar-refractivity contribution is 5.65. The van der Waals surface area contributed by atoms with Crippen LogP contribution in [0.2, 0.25) is 0 Å². The highest BCUT2D eigenvalue weighted by Gasteiger charge is 2.30. The normalized spacial score (nSPS) is 13.9. The largest absolute Gasteiger partial charge is 0.493 e. The van der Waals surface area contributed by atoms with Crippen LogP contribution in [0.5, 0.6) is 5.75 Å². The smallest absolute Gasteiger partial charge is 0.230 e. The van der Waals surface area contributed by atoms with Crippen LogP contribution < -0.4 is 4.74 Å². The third-order valence-electron chi connectivity index (χ3n) is 5.00. The van der Waals surface area contributed by atoms with Crippen LogP contribution in [0.25, 0.3) is 11.4 Å². The predicted octanol–water partition coefficient (Wildman–Crippen LogP) is 4.79. The lowest BCUT2D eigenvalue weighted by Gasteiger charge is -2.14. The van der Waals surface area contributed by atoms with Gasteiger partial charge in [-0.05, 0) is 45.1 Å². The number of ether oxygens (including phenoxy) is 1. The summed E-state index contributed by atoms with van der Waals surface area (Å²) < 4.78 is 16.8. The van der Waals surface area contributed by atoms with E-state index in [-0.39, 0.29) is 0 Å². The fraction of sp³-hybridized carbons (Fsp3) is 0.476. The predicted molar refractivity (Wildman–Crippen MR) is 101 cm³/mol. The monoisotopic (exact) mass is 367 g/mol. The van der Waals surface area contributed by atoms with Gasteiger partial charge in [0.15, 0.2) is 0 Å². The molecule has 0 spiro atoms. The zero-order valence-corrected chi connectivity index (χ0v) is 16.1. The molecule has 0 unspecified atom stereocenters. The van der Waals surface area contributed by atoms with Crippen molar-refractivity contribution >= 4 is 0 Å². The molecule has 0 aliphatic heterocycles. The van der Waals surface area contributed by atoms with Crippen LogP contribution in [0.15, 0.2) is 27.2 Å². The van der Waals surface area contributed by atoms with Gasteiger partial charge in [0.25, 0.3) is 0 Å². The Balaban J connectivity index is 1.42. The summed E-state index contributed by atoms with van der Waals surface area (Å²) in [6, 6.07) is 6.11. The standard InChI is InChI=1S/C21H25N3O3/c1-4-16-12-17(26-23-16)6-5-11-25-19-13(2)7-10-18(14(19)3)20-22-21(27-24-20)15-8-9-15/h7,10,12,15H,4-6,8-9,11H2,1-3H3. The molecule has 3 aromatic rings. The second-order valence-electron chi connectivity index (χ2n) is 7.20. The first-order valence-corrected chi connectivity index (χ1v) is 9.67. The van der Waals surface area contributed by atoms with Crippen molar-refractivity contribution in [3.05, 3.63) is 46.7 Å². The van der Waals surface area contributed by atoms with Crippen LogP contribution in [0.1, 0.15) is 60.6 Å². The molecule has 6 heteroatoms. The maximum Gasteiger partial charge on any atom is 0.230 e. The van der Waals surface area contributed by atoms with Gasteiger partial charge in [0.05, 0.1) is 12.3 Å². The molecule has 27 heavy (non-hydrogen) atoms. The van der Waals surface area contributed by atoms with E-state index in [0.29, 0.717) is 18.3 Å². The summed E-state index contributed by atoms with van der Waals surface area (Å²) in [5.74, 6) is 3.67. The van der Waals surface area contributed by atoms with Gasteiger partial charge >= 0.3 is 0 Å². The van der Waals surface area contributed by atoms with E-state index in [9.17, 15) is 0 Å². The minimum Gasteiger partial charge on any atom is -0.493 e. The second kappa shape index (κ2) is 7.55. The molecule has 0 bridgehead atoms. The van der Waals surface area contributed by atoms with Gasteiger partial charge in [-0.15, -0.1) is 0 Å². The van der Waals surface area contributed by atoms with Crippen LogP contribution in [-0.2, 0) is 12.8 Å². The fourth-order valence-corrected chi connectivity index (χ4v) is 3.19. The number of hydrogen-bond acceptors (Lipinski definition) is 6. The Morgan fingerprint density at radius 3 is 2.74 bits per heavy atom. The Hall–Kier alpha value is -2.63. The summed E-state index contributed by atoms with van der Waals surface area (Å²) in [6.07, 6.45) is 4.88. The second-order valence-corrected chi connectivity index (χ2v) is 7.20. The molecular formula is C21H25N3O3. The van der Waals surface area contributed by atoms with Gasteiger partial charge in [0.1, 0.15) is 11.5 Å². The highest BCUT2D eigenvalue weighted by Crippen LogP contribution is 2.40. The Morgan fingerprint density at radius 2 is 2.00 bits per heavy atom. The number of hydrogen-bond donors (Lipinski definition) is 0. The van der Waals surface area contributed by atoms with Gasteiger partial charge in [-0.1, -0.05) is 29.4 Å². The average Bonchev–Trinajstić information content (AvgIpc) is 3.22. The van der Waals surface area contributed by atoms with Crippen LogP contribution in [0.3, 0.4) is 0 Å². The Bertz CT molecular complexity index is 925. The Labute approximate surface area is 158 Å². The van der Waals surface area contributed by atoms with Gasteiger partial charge in [-0.3, -0.25) is 0 Å². The summed E-state index contributed by atoms with van der Waals surface area (Å²) in [5.41, 5.74) is 4.12. The van der Waals surface area contributed by atoms with Crippen molar-refractivity contribution < 1.29 is 13.8 Å². The van der Waals surface area contributed by atoms with Gasteiger partial charge in [-0.25, -0.2) is 0 Å². The molecule has 142 valence electrons. The van der Waals surface area contributed by atoms with E-state index in [1.807, 2.05) is 12.1 Å². The summed E-state index contributed by atoms with van der Waals surface area (Å²) in [6.45, 7) is 6.80. The molecule has 4 rings (SSSR count). The fourth-order valence-electron chi connectivity index (χ4n) is 3.19. The van der Waals surface area contributed by atoms with Crippen molar-refractivity contribution in [2.24, 2.45) is 0 Å². The average molecular weight is 367 g/mol. The SMILES string of the molecule is CCc1cc(CCCOc2c(C)ccc(-c3noc(C4CC4)n3)c2C)on1. The number of nitrogens with zero attached hydrogens (tertiary/aromatic N) is 3. The lowest BCUT2D eigenvalue weighted by Crippen LogP contribution is -2.03. The number of aromatic nitrogens is 3. The number of aryl methyl sites for hydroxylation is 3. The molecule has 1 fully saturated rings. The first-order chi connectivity index (χ1) is 13.2. The summed E-state index contributed by atoms with van der Waals surface area (Å²) in [7, 11) is 0. The number of rotatable bonds is 8. The molecule has 6 nitrogen and oxygen atoms in total. The first-order valence-electron chi connectivity index (χ1n) is 9.67. The quantitative estimate of drug-likeness (QED) is 0.533. The molecule has 1 aliphatic rings. The first kappa shape index (κ1) is 17.8. The van der Waals surface area contributed by atoms with E-state index in [2.05, 4.69) is 42.1 Å². The lowest BCUT2D eigenvalue weighted by atomic mass is 10.0. The maximum absolute atomic E-state index is 6.10. The third kappa shape index (κ3) is 3.89. The van der Waals surface area contributed by atoms with E-state index in [4.69, 9.17) is 13.8 Å². The minimum atomic E-state index is 0.456. The van der Waals surface area contributed by atoms with Crippen LogP contribution >= 0.6 is 0 Å². The summed E-state index contributed by atoms with van der Waals surface area (Å²) >= 11 is 0. The Morgan fingerprint density at radius 1 is 1.15 bits per heavy atom. The molecule has 0 amide bonds. The molecule has 0 saturated heterocycles. The molecule has 0 radical (unpaired) electrons. The van der Waals surface area contributed by atoms with Crippen LogP contribution in [-0.4, -0.2) is 21.9 Å². The van der Waals surface area contributed by atoms with Gasteiger partial charge in [-0.2, -0.15) is 4.98 Å². The molecule has 1 saturated carbocycles. The zero-order valence-electron chi connectivity index (χ0n) is 16.1. The van der Waals surface area contributed by atoms with Crippen LogP contribution in [0, 0.1) is 13.8 Å². The van der Waals surface area contributed by atoms with Crippen LogP contribution in [0.4, 0.5) is 0 Å². The van der Waals surface area contributed by atoms with Crippen molar-refractivity contribution in [1.82, 2.24) is 15.3 Å². The van der Waals surface area contributed by atoms with Crippen molar-refractivity contribution in [1.29, 1.82) is 0 Å². The van der Waals surface area contributed by atoms with Gasteiger partial charge in [0.2, 0.25) is 11.7 Å². The maximum atomic E-state index is 6.10. The summed E-state index contributed by atoms with van der Waals surface area (Å²) in [4.78, 5) is 4.57.